The summed E-state index contributed by atoms with van der Waals surface area (Å²) in [4.78, 5) is 29.4. The van der Waals surface area contributed by atoms with Crippen molar-refractivity contribution in [3.05, 3.63) is 0 Å². The second-order valence-electron chi connectivity index (χ2n) is 5.84. The molecule has 114 valence electrons. The number of amides is 2. The normalized spacial score (nSPS) is 22.1. The molecule has 2 amide bonds. The van der Waals surface area contributed by atoms with E-state index in [9.17, 15) is 9.59 Å². The molecular weight excluding hydrogens is 256 g/mol. The number of nitrogens with two attached hydrogens (primary N) is 1. The zero-order chi connectivity index (χ0) is 14.5. The van der Waals surface area contributed by atoms with Crippen LogP contribution in [0.5, 0.6) is 0 Å². The predicted octanol–water partition coefficient (Wildman–Crippen LogP) is -0.652. The Balaban J connectivity index is 1.72. The standard InChI is InChI=1S/C14H26N4O2/c1-12(19)17-6-8-18(9-7-17)14(20)11-16-4-2-13(10-15)3-5-16/h13H,2-11,15H2,1H3. The van der Waals surface area contributed by atoms with Crippen LogP contribution in [0, 0.1) is 5.92 Å². The molecule has 0 unspecified atom stereocenters. The number of rotatable bonds is 3. The average Bonchev–Trinajstić information content (AvgIpc) is 2.48. The van der Waals surface area contributed by atoms with Gasteiger partial charge < -0.3 is 15.5 Å². The Labute approximate surface area is 120 Å². The number of hydrogen-bond acceptors (Lipinski definition) is 4. The Morgan fingerprint density at radius 2 is 1.55 bits per heavy atom. The number of piperidine rings is 1. The van der Waals surface area contributed by atoms with E-state index in [1.165, 1.54) is 0 Å². The Kier molecular flexibility index (Phi) is 5.37. The van der Waals surface area contributed by atoms with Crippen LogP contribution in [-0.2, 0) is 9.59 Å². The monoisotopic (exact) mass is 282 g/mol. The van der Waals surface area contributed by atoms with Gasteiger partial charge >= 0.3 is 0 Å². The molecule has 0 spiro atoms. The summed E-state index contributed by atoms with van der Waals surface area (Å²) in [6, 6.07) is 0. The Morgan fingerprint density at radius 3 is 2.05 bits per heavy atom. The van der Waals surface area contributed by atoms with E-state index in [1.54, 1.807) is 11.8 Å². The largest absolute Gasteiger partial charge is 0.339 e. The van der Waals surface area contributed by atoms with Crippen LogP contribution in [0.25, 0.3) is 0 Å². The lowest BCUT2D eigenvalue weighted by Gasteiger charge is -2.36. The van der Waals surface area contributed by atoms with Gasteiger partial charge in [-0.3, -0.25) is 14.5 Å². The lowest BCUT2D eigenvalue weighted by atomic mass is 9.97. The molecule has 0 aliphatic carbocycles. The zero-order valence-corrected chi connectivity index (χ0v) is 12.4. The van der Waals surface area contributed by atoms with Gasteiger partial charge in [0, 0.05) is 33.1 Å². The number of piperazine rings is 1. The highest BCUT2D eigenvalue weighted by Gasteiger charge is 2.25. The van der Waals surface area contributed by atoms with E-state index in [4.69, 9.17) is 5.73 Å². The third-order valence-electron chi connectivity index (χ3n) is 4.48. The molecule has 2 rings (SSSR count). The maximum absolute atomic E-state index is 12.3. The van der Waals surface area contributed by atoms with Crippen LogP contribution < -0.4 is 5.73 Å². The van der Waals surface area contributed by atoms with Gasteiger partial charge in [-0.05, 0) is 38.4 Å². The quantitative estimate of drug-likeness (QED) is 0.747. The van der Waals surface area contributed by atoms with Crippen LogP contribution >= 0.6 is 0 Å². The lowest BCUT2D eigenvalue weighted by Crippen LogP contribution is -2.52. The van der Waals surface area contributed by atoms with E-state index in [1.807, 2.05) is 4.90 Å². The molecule has 0 aromatic rings. The smallest absolute Gasteiger partial charge is 0.236 e. The summed E-state index contributed by atoms with van der Waals surface area (Å²) < 4.78 is 0. The van der Waals surface area contributed by atoms with Crippen LogP contribution in [-0.4, -0.2) is 78.9 Å². The second kappa shape index (κ2) is 7.04. The first kappa shape index (κ1) is 15.3. The minimum Gasteiger partial charge on any atom is -0.339 e. The fourth-order valence-electron chi connectivity index (χ4n) is 2.94. The van der Waals surface area contributed by atoms with Crippen LogP contribution in [0.1, 0.15) is 19.8 Å². The molecule has 2 fully saturated rings. The zero-order valence-electron chi connectivity index (χ0n) is 12.4. The summed E-state index contributed by atoms with van der Waals surface area (Å²) >= 11 is 0. The molecule has 2 saturated heterocycles. The van der Waals surface area contributed by atoms with Crippen molar-refractivity contribution in [2.45, 2.75) is 19.8 Å². The fourth-order valence-corrected chi connectivity index (χ4v) is 2.94. The first-order chi connectivity index (χ1) is 9.60. The topological polar surface area (TPSA) is 69.9 Å². The van der Waals surface area contributed by atoms with E-state index in [-0.39, 0.29) is 11.8 Å². The summed E-state index contributed by atoms with van der Waals surface area (Å²) in [5, 5.41) is 0. The van der Waals surface area contributed by atoms with Crippen LogP contribution in [0.2, 0.25) is 0 Å². The van der Waals surface area contributed by atoms with Gasteiger partial charge in [0.15, 0.2) is 0 Å². The predicted molar refractivity (Wildman–Crippen MR) is 77.1 cm³/mol. The Bertz CT molecular complexity index is 345. The number of likely N-dealkylation sites (tertiary alicyclic amines) is 1. The van der Waals surface area contributed by atoms with Gasteiger partial charge in [-0.1, -0.05) is 0 Å². The summed E-state index contributed by atoms with van der Waals surface area (Å²) in [6.07, 6.45) is 2.20. The Morgan fingerprint density at radius 1 is 1.00 bits per heavy atom. The highest BCUT2D eigenvalue weighted by molar-refractivity contribution is 5.79. The van der Waals surface area contributed by atoms with Crippen molar-refractivity contribution in [3.63, 3.8) is 0 Å². The highest BCUT2D eigenvalue weighted by Crippen LogP contribution is 2.15. The summed E-state index contributed by atoms with van der Waals surface area (Å²) in [6.45, 7) is 7.45. The van der Waals surface area contributed by atoms with E-state index in [2.05, 4.69) is 4.90 Å². The van der Waals surface area contributed by atoms with Gasteiger partial charge in [-0.2, -0.15) is 0 Å². The molecule has 2 heterocycles. The molecule has 0 atom stereocenters. The van der Waals surface area contributed by atoms with Crippen LogP contribution in [0.3, 0.4) is 0 Å². The van der Waals surface area contributed by atoms with Crippen molar-refractivity contribution in [3.8, 4) is 0 Å². The van der Waals surface area contributed by atoms with Gasteiger partial charge in [-0.15, -0.1) is 0 Å². The minimum atomic E-state index is 0.0981. The molecule has 6 nitrogen and oxygen atoms in total. The van der Waals surface area contributed by atoms with Crippen LogP contribution in [0.15, 0.2) is 0 Å². The second-order valence-corrected chi connectivity index (χ2v) is 5.84. The minimum absolute atomic E-state index is 0.0981. The molecule has 20 heavy (non-hydrogen) atoms. The molecule has 2 aliphatic heterocycles. The molecule has 0 saturated carbocycles. The van der Waals surface area contributed by atoms with E-state index >= 15 is 0 Å². The molecule has 0 aromatic heterocycles. The molecule has 2 N–H and O–H groups in total. The van der Waals surface area contributed by atoms with Crippen molar-refractivity contribution in [2.75, 3.05) is 52.4 Å². The summed E-state index contributed by atoms with van der Waals surface area (Å²) in [5.74, 6) is 0.917. The number of carbonyl (C=O) groups is 2. The fraction of sp³-hybridized carbons (Fsp3) is 0.857. The van der Waals surface area contributed by atoms with Crippen molar-refractivity contribution >= 4 is 11.8 Å². The number of carbonyl (C=O) groups excluding carboxylic acids is 2. The molecule has 0 bridgehead atoms. The molecule has 6 heteroatoms. The van der Waals surface area contributed by atoms with Gasteiger partial charge in [0.25, 0.3) is 0 Å². The number of hydrogen-bond donors (Lipinski definition) is 1. The maximum atomic E-state index is 12.3. The third kappa shape index (κ3) is 3.93. The molecule has 0 radical (unpaired) electrons. The van der Waals surface area contributed by atoms with Gasteiger partial charge in [0.05, 0.1) is 6.54 Å². The average molecular weight is 282 g/mol. The summed E-state index contributed by atoms with van der Waals surface area (Å²) in [5.41, 5.74) is 5.68. The van der Waals surface area contributed by atoms with Crippen molar-refractivity contribution in [2.24, 2.45) is 11.7 Å². The molecule has 2 aliphatic rings. The van der Waals surface area contributed by atoms with Crippen molar-refractivity contribution in [1.82, 2.24) is 14.7 Å². The van der Waals surface area contributed by atoms with Crippen molar-refractivity contribution < 1.29 is 9.59 Å². The first-order valence-electron chi connectivity index (χ1n) is 7.56. The number of nitrogens with zero attached hydrogens (tertiary/aromatic N) is 3. The Hall–Kier alpha value is -1.14. The van der Waals surface area contributed by atoms with E-state index in [0.717, 1.165) is 32.5 Å². The van der Waals surface area contributed by atoms with Crippen molar-refractivity contribution in [1.29, 1.82) is 0 Å². The van der Waals surface area contributed by atoms with E-state index in [0.29, 0.717) is 38.6 Å². The van der Waals surface area contributed by atoms with Gasteiger partial charge in [0.2, 0.25) is 11.8 Å². The van der Waals surface area contributed by atoms with Gasteiger partial charge in [0.1, 0.15) is 0 Å². The van der Waals surface area contributed by atoms with Gasteiger partial charge in [-0.25, -0.2) is 0 Å². The van der Waals surface area contributed by atoms with Crippen LogP contribution in [0.4, 0.5) is 0 Å². The van der Waals surface area contributed by atoms with E-state index < -0.39 is 0 Å². The molecular formula is C14H26N4O2. The third-order valence-corrected chi connectivity index (χ3v) is 4.48. The first-order valence-corrected chi connectivity index (χ1v) is 7.56. The highest BCUT2D eigenvalue weighted by atomic mass is 16.2. The summed E-state index contributed by atoms with van der Waals surface area (Å²) in [7, 11) is 0. The maximum Gasteiger partial charge on any atom is 0.236 e. The SMILES string of the molecule is CC(=O)N1CCN(C(=O)CN2CCC(CN)CC2)CC1. The lowest BCUT2D eigenvalue weighted by molar-refractivity contribution is -0.139. The molecule has 0 aromatic carbocycles.